The molecule has 0 N–H and O–H groups in total. The van der Waals surface area contributed by atoms with Crippen LogP contribution in [0.2, 0.25) is 0 Å². The number of hydrogen-bond donors (Lipinski definition) is 0. The van der Waals surface area contributed by atoms with E-state index in [-0.39, 0.29) is 24.2 Å². The Morgan fingerprint density at radius 3 is 2.37 bits per heavy atom. The van der Waals surface area contributed by atoms with Gasteiger partial charge in [0.25, 0.3) is 0 Å². The molecule has 3 atom stereocenters. The summed E-state index contributed by atoms with van der Waals surface area (Å²) in [6, 6.07) is 19.3. The third-order valence-electron chi connectivity index (χ3n) is 7.24. The van der Waals surface area contributed by atoms with Crippen LogP contribution in [0.5, 0.6) is 11.5 Å². The molecular formula is C29H31N3O3. The summed E-state index contributed by atoms with van der Waals surface area (Å²) >= 11 is 0. The monoisotopic (exact) mass is 469 g/mol. The van der Waals surface area contributed by atoms with E-state index in [4.69, 9.17) is 9.47 Å². The third-order valence-corrected chi connectivity index (χ3v) is 7.24. The zero-order chi connectivity index (χ0) is 24.2. The van der Waals surface area contributed by atoms with Crippen molar-refractivity contribution in [3.05, 3.63) is 67.0 Å². The van der Waals surface area contributed by atoms with Gasteiger partial charge in [-0.1, -0.05) is 24.3 Å². The third kappa shape index (κ3) is 4.01. The number of benzene rings is 2. The summed E-state index contributed by atoms with van der Waals surface area (Å²) < 4.78 is 12.2. The quantitative estimate of drug-likeness (QED) is 0.408. The fraction of sp³-hybridized carbons (Fsp3) is 0.379. The van der Waals surface area contributed by atoms with Gasteiger partial charge in [-0.25, -0.2) is 4.79 Å². The van der Waals surface area contributed by atoms with E-state index in [0.717, 1.165) is 59.7 Å². The van der Waals surface area contributed by atoms with Crippen LogP contribution < -0.4 is 9.64 Å². The van der Waals surface area contributed by atoms with E-state index in [9.17, 15) is 4.79 Å². The molecular weight excluding hydrogens is 438 g/mol. The minimum atomic E-state index is -0.485. The summed E-state index contributed by atoms with van der Waals surface area (Å²) in [6.07, 6.45) is 7.36. The lowest BCUT2D eigenvalue weighted by Crippen LogP contribution is -2.53. The van der Waals surface area contributed by atoms with Crippen LogP contribution in [0, 0.1) is 0 Å². The average molecular weight is 470 g/mol. The Morgan fingerprint density at radius 1 is 0.914 bits per heavy atom. The molecule has 0 aliphatic carbocycles. The first-order chi connectivity index (χ1) is 16.9. The number of carbonyl (C=O) groups excluding carboxylic acids is 1. The molecule has 180 valence electrons. The van der Waals surface area contributed by atoms with Crippen molar-refractivity contribution in [2.75, 3.05) is 4.90 Å². The molecule has 2 fully saturated rings. The summed E-state index contributed by atoms with van der Waals surface area (Å²) in [7, 11) is 0. The first-order valence-corrected chi connectivity index (χ1v) is 12.5. The molecule has 6 nitrogen and oxygen atoms in total. The SMILES string of the molecule is CC(C)(C)OC(=O)N1[C@@H]2CC[C@H]1C[C@H](N1c3ccccc3Oc3cc(-c4cccnc4)ccc31)C2. The zero-order valence-corrected chi connectivity index (χ0v) is 20.5. The van der Waals surface area contributed by atoms with E-state index in [0.29, 0.717) is 0 Å². The Labute approximate surface area is 206 Å². The molecule has 6 heteroatoms. The molecule has 2 bridgehead atoms. The van der Waals surface area contributed by atoms with Crippen molar-refractivity contribution in [1.82, 2.24) is 9.88 Å². The fourth-order valence-corrected chi connectivity index (χ4v) is 5.86. The van der Waals surface area contributed by atoms with Crippen LogP contribution in [0.3, 0.4) is 0 Å². The van der Waals surface area contributed by atoms with Crippen LogP contribution in [0.1, 0.15) is 46.5 Å². The first kappa shape index (κ1) is 22.0. The molecule has 3 aliphatic rings. The summed E-state index contributed by atoms with van der Waals surface area (Å²) in [5, 5.41) is 0. The normalized spacial score (nSPS) is 22.8. The lowest BCUT2D eigenvalue weighted by atomic mass is 9.94. The summed E-state index contributed by atoms with van der Waals surface area (Å²) in [6.45, 7) is 5.79. The number of hydrogen-bond acceptors (Lipinski definition) is 5. The van der Waals surface area contributed by atoms with Gasteiger partial charge in [-0.3, -0.25) is 4.98 Å². The fourth-order valence-electron chi connectivity index (χ4n) is 5.86. The number of aromatic nitrogens is 1. The van der Waals surface area contributed by atoms with Crippen LogP contribution in [0.25, 0.3) is 11.1 Å². The van der Waals surface area contributed by atoms with Gasteiger partial charge in [-0.15, -0.1) is 0 Å². The lowest BCUT2D eigenvalue weighted by Gasteiger charge is -2.45. The van der Waals surface area contributed by atoms with Gasteiger partial charge in [0, 0.05) is 36.1 Å². The topological polar surface area (TPSA) is 54.9 Å². The highest BCUT2D eigenvalue weighted by Crippen LogP contribution is 2.51. The van der Waals surface area contributed by atoms with Crippen LogP contribution in [0.15, 0.2) is 67.0 Å². The molecule has 0 saturated carbocycles. The van der Waals surface area contributed by atoms with Gasteiger partial charge in [0.2, 0.25) is 0 Å². The predicted molar refractivity (Wildman–Crippen MR) is 136 cm³/mol. The highest BCUT2D eigenvalue weighted by Gasteiger charge is 2.47. The lowest BCUT2D eigenvalue weighted by molar-refractivity contribution is 0.00613. The maximum atomic E-state index is 13.0. The first-order valence-electron chi connectivity index (χ1n) is 12.5. The van der Waals surface area contributed by atoms with E-state index in [2.05, 4.69) is 46.3 Å². The number of piperidine rings is 1. The van der Waals surface area contributed by atoms with Gasteiger partial charge in [0.1, 0.15) is 5.60 Å². The molecule has 0 unspecified atom stereocenters. The average Bonchev–Trinajstić information content (AvgIpc) is 3.11. The van der Waals surface area contributed by atoms with Crippen LogP contribution in [0.4, 0.5) is 16.2 Å². The summed E-state index contributed by atoms with van der Waals surface area (Å²) in [4.78, 5) is 21.7. The second kappa shape index (κ2) is 8.29. The van der Waals surface area contributed by atoms with Crippen LogP contribution >= 0.6 is 0 Å². The molecule has 35 heavy (non-hydrogen) atoms. The molecule has 6 rings (SSSR count). The van der Waals surface area contributed by atoms with E-state index in [1.165, 1.54) is 0 Å². The van der Waals surface area contributed by atoms with Crippen molar-refractivity contribution in [1.29, 1.82) is 0 Å². The van der Waals surface area contributed by atoms with Gasteiger partial charge in [-0.05, 0) is 82.3 Å². The molecule has 4 heterocycles. The Bertz CT molecular complexity index is 1240. The van der Waals surface area contributed by atoms with Gasteiger partial charge < -0.3 is 19.3 Å². The highest BCUT2D eigenvalue weighted by molar-refractivity contribution is 5.81. The van der Waals surface area contributed by atoms with Gasteiger partial charge in [0.15, 0.2) is 11.5 Å². The van der Waals surface area contributed by atoms with E-state index < -0.39 is 5.60 Å². The van der Waals surface area contributed by atoms with Crippen LogP contribution in [-0.4, -0.2) is 39.7 Å². The van der Waals surface area contributed by atoms with Crippen molar-refractivity contribution < 1.29 is 14.3 Å². The minimum absolute atomic E-state index is 0.174. The predicted octanol–water partition coefficient (Wildman–Crippen LogP) is 6.92. The maximum Gasteiger partial charge on any atom is 0.410 e. The summed E-state index contributed by atoms with van der Waals surface area (Å²) in [5.74, 6) is 1.72. The minimum Gasteiger partial charge on any atom is -0.453 e. The second-order valence-corrected chi connectivity index (χ2v) is 10.8. The van der Waals surface area contributed by atoms with Crippen molar-refractivity contribution in [2.24, 2.45) is 0 Å². The van der Waals surface area contributed by atoms with Gasteiger partial charge >= 0.3 is 6.09 Å². The van der Waals surface area contributed by atoms with E-state index in [1.54, 1.807) is 6.20 Å². The number of amides is 1. The number of pyridine rings is 1. The number of nitrogens with zero attached hydrogens (tertiary/aromatic N) is 3. The Kier molecular flexibility index (Phi) is 5.20. The molecule has 1 amide bonds. The number of ether oxygens (including phenoxy) is 2. The molecule has 0 spiro atoms. The molecule has 3 aromatic rings. The number of carbonyl (C=O) groups is 1. The van der Waals surface area contributed by atoms with Crippen molar-refractivity contribution in [3.63, 3.8) is 0 Å². The number of fused-ring (bicyclic) bond motifs is 4. The Morgan fingerprint density at radius 2 is 1.66 bits per heavy atom. The number of rotatable bonds is 2. The van der Waals surface area contributed by atoms with E-state index >= 15 is 0 Å². The zero-order valence-electron chi connectivity index (χ0n) is 20.5. The Hall–Kier alpha value is -3.54. The van der Waals surface area contributed by atoms with E-state index in [1.807, 2.05) is 50.1 Å². The largest absolute Gasteiger partial charge is 0.453 e. The molecule has 1 aromatic heterocycles. The second-order valence-electron chi connectivity index (χ2n) is 10.8. The smallest absolute Gasteiger partial charge is 0.410 e. The number of para-hydroxylation sites is 2. The van der Waals surface area contributed by atoms with Crippen molar-refractivity contribution in [3.8, 4) is 22.6 Å². The summed E-state index contributed by atoms with van der Waals surface area (Å²) in [5.41, 5.74) is 3.82. The standard InChI is InChI=1S/C29H31N3O3/c1-29(2,3)35-28(33)31-21-11-12-22(31)17-23(16-21)32-24-8-4-5-9-26(24)34-27-15-19(10-13-25(27)32)20-7-6-14-30-18-20/h4-10,13-15,18,21-23H,11-12,16-17H2,1-3H3/t21-,22+,23-. The van der Waals surface area contributed by atoms with Crippen molar-refractivity contribution in [2.45, 2.75) is 70.2 Å². The van der Waals surface area contributed by atoms with Crippen molar-refractivity contribution >= 4 is 17.5 Å². The molecule has 2 aromatic carbocycles. The molecule has 0 radical (unpaired) electrons. The molecule has 3 aliphatic heterocycles. The molecule has 2 saturated heterocycles. The number of anilines is 2. The van der Waals surface area contributed by atoms with Gasteiger partial charge in [-0.2, -0.15) is 0 Å². The highest BCUT2D eigenvalue weighted by atomic mass is 16.6. The van der Waals surface area contributed by atoms with Gasteiger partial charge in [0.05, 0.1) is 11.4 Å². The maximum absolute atomic E-state index is 13.0. The van der Waals surface area contributed by atoms with Crippen LogP contribution in [-0.2, 0) is 4.74 Å². The Balaban J connectivity index is 1.33.